The van der Waals surface area contributed by atoms with E-state index in [1.54, 1.807) is 30.3 Å². The van der Waals surface area contributed by atoms with E-state index in [9.17, 15) is 19.3 Å². The first-order valence-electron chi connectivity index (χ1n) is 7.67. The van der Waals surface area contributed by atoms with Crippen LogP contribution in [0.25, 0.3) is 6.08 Å². The van der Waals surface area contributed by atoms with E-state index in [2.05, 4.69) is 22.5 Å². The number of carbonyl (C=O) groups is 1. The molecule has 0 unspecified atom stereocenters. The summed E-state index contributed by atoms with van der Waals surface area (Å²) < 4.78 is 14.7. The second-order valence-electron chi connectivity index (χ2n) is 5.39. The highest BCUT2D eigenvalue weighted by molar-refractivity contribution is 9.10. The summed E-state index contributed by atoms with van der Waals surface area (Å²) in [6.07, 6.45) is 4.15. The van der Waals surface area contributed by atoms with Crippen molar-refractivity contribution in [3.05, 3.63) is 92.7 Å². The van der Waals surface area contributed by atoms with Crippen molar-refractivity contribution in [2.24, 2.45) is 0 Å². The zero-order valence-corrected chi connectivity index (χ0v) is 15.4. The number of para-hydroxylation sites is 1. The topological polar surface area (TPSA) is 63.5 Å². The van der Waals surface area contributed by atoms with Crippen LogP contribution in [-0.4, -0.2) is 22.3 Å². The van der Waals surface area contributed by atoms with E-state index in [-0.39, 0.29) is 18.8 Å². The van der Waals surface area contributed by atoms with Crippen LogP contribution in [0.3, 0.4) is 0 Å². The normalized spacial score (nSPS) is 10.7. The highest BCUT2D eigenvalue weighted by Gasteiger charge is 2.14. The Morgan fingerprint density at radius 1 is 1.31 bits per heavy atom. The van der Waals surface area contributed by atoms with E-state index in [0.717, 1.165) is 0 Å². The summed E-state index contributed by atoms with van der Waals surface area (Å²) in [4.78, 5) is 24.4. The molecule has 0 aromatic heterocycles. The van der Waals surface area contributed by atoms with Crippen LogP contribution in [0, 0.1) is 15.9 Å². The lowest BCUT2D eigenvalue weighted by atomic mass is 10.1. The Bertz CT molecular complexity index is 868. The third-order valence-corrected chi connectivity index (χ3v) is 4.06. The van der Waals surface area contributed by atoms with Crippen molar-refractivity contribution in [3.63, 3.8) is 0 Å². The molecule has 0 radical (unpaired) electrons. The van der Waals surface area contributed by atoms with Gasteiger partial charge in [-0.05, 0) is 30.3 Å². The van der Waals surface area contributed by atoms with Gasteiger partial charge in [0.1, 0.15) is 5.82 Å². The zero-order chi connectivity index (χ0) is 19.1. The lowest BCUT2D eigenvalue weighted by molar-refractivity contribution is -0.385. The fraction of sp³-hybridized carbons (Fsp3) is 0.105. The Balaban J connectivity index is 2.22. The van der Waals surface area contributed by atoms with Gasteiger partial charge >= 0.3 is 0 Å². The van der Waals surface area contributed by atoms with Crippen LogP contribution < -0.4 is 0 Å². The molecule has 0 saturated heterocycles. The highest BCUT2D eigenvalue weighted by atomic mass is 79.9. The number of hydrogen-bond acceptors (Lipinski definition) is 3. The summed E-state index contributed by atoms with van der Waals surface area (Å²) in [5.74, 6) is -0.819. The van der Waals surface area contributed by atoms with Gasteiger partial charge in [0.25, 0.3) is 5.69 Å². The molecule has 0 fully saturated rings. The standard InChI is InChI=1S/C19H16BrFN2O3/c1-2-11-22(13-15-12-16(20)8-9-17(15)21)19(24)10-7-14-5-3-4-6-18(14)23(25)26/h2-10,12H,1,11,13H2. The molecule has 2 rings (SSSR count). The van der Waals surface area contributed by atoms with E-state index in [1.807, 2.05) is 0 Å². The molecule has 5 nitrogen and oxygen atoms in total. The Kier molecular flexibility index (Phi) is 6.80. The lowest BCUT2D eigenvalue weighted by Crippen LogP contribution is -2.29. The van der Waals surface area contributed by atoms with Gasteiger partial charge in [0.15, 0.2) is 0 Å². The van der Waals surface area contributed by atoms with Gasteiger partial charge in [-0.15, -0.1) is 6.58 Å². The molecule has 0 atom stereocenters. The Morgan fingerprint density at radius 2 is 2.04 bits per heavy atom. The fourth-order valence-corrected chi connectivity index (χ4v) is 2.73. The average molecular weight is 419 g/mol. The Hall–Kier alpha value is -2.80. The van der Waals surface area contributed by atoms with Crippen molar-refractivity contribution in [2.45, 2.75) is 6.54 Å². The van der Waals surface area contributed by atoms with Crippen LogP contribution in [0.15, 0.2) is 65.7 Å². The number of nitro groups is 1. The molecule has 0 saturated carbocycles. The highest BCUT2D eigenvalue weighted by Crippen LogP contribution is 2.20. The molecule has 0 N–H and O–H groups in total. The van der Waals surface area contributed by atoms with Crippen molar-refractivity contribution in [1.82, 2.24) is 4.90 Å². The summed E-state index contributed by atoms with van der Waals surface area (Å²) in [6, 6.07) is 10.6. The predicted octanol–water partition coefficient (Wildman–Crippen LogP) is 4.72. The number of nitro benzene ring substituents is 1. The number of benzene rings is 2. The van der Waals surface area contributed by atoms with E-state index in [1.165, 1.54) is 35.3 Å². The molecule has 0 aliphatic carbocycles. The van der Waals surface area contributed by atoms with E-state index in [4.69, 9.17) is 0 Å². The minimum atomic E-state index is -0.511. The van der Waals surface area contributed by atoms with Gasteiger partial charge in [0.2, 0.25) is 5.91 Å². The first-order valence-corrected chi connectivity index (χ1v) is 8.47. The molecule has 26 heavy (non-hydrogen) atoms. The summed E-state index contributed by atoms with van der Waals surface area (Å²) in [7, 11) is 0. The molecule has 0 aliphatic rings. The van der Waals surface area contributed by atoms with Crippen LogP contribution in [0.2, 0.25) is 0 Å². The van der Waals surface area contributed by atoms with Gasteiger partial charge in [0.05, 0.1) is 10.5 Å². The maximum absolute atomic E-state index is 13.9. The largest absolute Gasteiger partial charge is 0.331 e. The summed E-state index contributed by atoms with van der Waals surface area (Å²) >= 11 is 3.28. The first kappa shape index (κ1) is 19.5. The smallest absolute Gasteiger partial charge is 0.276 e. The maximum Gasteiger partial charge on any atom is 0.276 e. The molecule has 134 valence electrons. The Labute approximate surface area is 158 Å². The summed E-state index contributed by atoms with van der Waals surface area (Å²) in [5.41, 5.74) is 0.580. The number of hydrogen-bond donors (Lipinski definition) is 0. The molecule has 1 amide bonds. The minimum Gasteiger partial charge on any atom is -0.331 e. The van der Waals surface area contributed by atoms with Crippen molar-refractivity contribution in [3.8, 4) is 0 Å². The number of amides is 1. The van der Waals surface area contributed by atoms with Crippen LogP contribution in [0.1, 0.15) is 11.1 Å². The fourth-order valence-electron chi connectivity index (χ4n) is 2.32. The van der Waals surface area contributed by atoms with E-state index >= 15 is 0 Å². The van der Waals surface area contributed by atoms with Crippen molar-refractivity contribution >= 4 is 33.6 Å². The van der Waals surface area contributed by atoms with Crippen molar-refractivity contribution in [2.75, 3.05) is 6.54 Å². The molecule has 2 aromatic carbocycles. The van der Waals surface area contributed by atoms with Gasteiger partial charge in [-0.2, -0.15) is 0 Å². The molecular weight excluding hydrogens is 403 g/mol. The van der Waals surface area contributed by atoms with Gasteiger partial charge in [-0.25, -0.2) is 4.39 Å². The maximum atomic E-state index is 13.9. The molecule has 7 heteroatoms. The predicted molar refractivity (Wildman–Crippen MR) is 102 cm³/mol. The number of nitrogens with zero attached hydrogens (tertiary/aromatic N) is 2. The van der Waals surface area contributed by atoms with Gasteiger partial charge < -0.3 is 4.90 Å². The zero-order valence-electron chi connectivity index (χ0n) is 13.8. The van der Waals surface area contributed by atoms with Gasteiger partial charge in [0, 0.05) is 35.3 Å². The third kappa shape index (κ3) is 5.10. The minimum absolute atomic E-state index is 0.0529. The Morgan fingerprint density at radius 3 is 2.73 bits per heavy atom. The quantitative estimate of drug-likeness (QED) is 0.282. The molecule has 0 bridgehead atoms. The van der Waals surface area contributed by atoms with Crippen LogP contribution in [-0.2, 0) is 11.3 Å². The summed E-state index contributed by atoms with van der Waals surface area (Å²) in [6.45, 7) is 3.88. The van der Waals surface area contributed by atoms with Crippen molar-refractivity contribution < 1.29 is 14.1 Å². The lowest BCUT2D eigenvalue weighted by Gasteiger charge is -2.20. The number of rotatable bonds is 7. The molecular formula is C19H16BrFN2O3. The van der Waals surface area contributed by atoms with Crippen molar-refractivity contribution in [1.29, 1.82) is 0 Å². The molecule has 2 aromatic rings. The van der Waals surface area contributed by atoms with Crippen LogP contribution >= 0.6 is 15.9 Å². The SMILES string of the molecule is C=CCN(Cc1cc(Br)ccc1F)C(=O)C=Cc1ccccc1[N+](=O)[O-]. The first-order chi connectivity index (χ1) is 12.4. The molecule has 0 spiro atoms. The van der Waals surface area contributed by atoms with Crippen LogP contribution in [0.4, 0.5) is 10.1 Å². The van der Waals surface area contributed by atoms with Gasteiger partial charge in [-0.3, -0.25) is 14.9 Å². The average Bonchev–Trinajstić information content (AvgIpc) is 2.62. The number of halogens is 2. The molecule has 0 heterocycles. The monoisotopic (exact) mass is 418 g/mol. The number of carbonyl (C=O) groups excluding carboxylic acids is 1. The second-order valence-corrected chi connectivity index (χ2v) is 6.31. The van der Waals surface area contributed by atoms with Gasteiger partial charge in [-0.1, -0.05) is 34.1 Å². The van der Waals surface area contributed by atoms with E-state index < -0.39 is 16.6 Å². The third-order valence-electron chi connectivity index (χ3n) is 3.57. The summed E-state index contributed by atoms with van der Waals surface area (Å²) in [5, 5.41) is 11.0. The second kappa shape index (κ2) is 9.05. The molecule has 0 aliphatic heterocycles. The van der Waals surface area contributed by atoms with E-state index in [0.29, 0.717) is 15.6 Å². The van der Waals surface area contributed by atoms with Crippen LogP contribution in [0.5, 0.6) is 0 Å².